The molecule has 1 amide bonds. The van der Waals surface area contributed by atoms with Gasteiger partial charge in [-0.1, -0.05) is 49.4 Å². The maximum atomic E-state index is 12.0. The lowest BCUT2D eigenvalue weighted by atomic mass is 10.1. The average Bonchev–Trinajstić information content (AvgIpc) is 2.80. The zero-order valence-corrected chi connectivity index (χ0v) is 18.4. The van der Waals surface area contributed by atoms with Crippen molar-refractivity contribution in [3.8, 4) is 5.75 Å². The van der Waals surface area contributed by atoms with Crippen LogP contribution in [0.2, 0.25) is 0 Å². The highest BCUT2D eigenvalue weighted by Crippen LogP contribution is 2.14. The van der Waals surface area contributed by atoms with Crippen LogP contribution in [0.3, 0.4) is 0 Å². The summed E-state index contributed by atoms with van der Waals surface area (Å²) in [7, 11) is 1.62. The molecular formula is C24H33N5O2. The molecule has 0 radical (unpaired) electrons. The van der Waals surface area contributed by atoms with Crippen LogP contribution in [-0.4, -0.2) is 49.2 Å². The molecule has 7 heteroatoms. The largest absolute Gasteiger partial charge is 0.497 e. The number of hydrogen-bond donors (Lipinski definition) is 4. The number of hydrogen-bond acceptors (Lipinski definition) is 5. The van der Waals surface area contributed by atoms with Crippen molar-refractivity contribution < 1.29 is 9.53 Å². The monoisotopic (exact) mass is 423 g/mol. The summed E-state index contributed by atoms with van der Waals surface area (Å²) in [6, 6.07) is 17.6. The van der Waals surface area contributed by atoms with E-state index in [1.807, 2.05) is 61.5 Å². The second-order valence-corrected chi connectivity index (χ2v) is 7.27. The van der Waals surface area contributed by atoms with Gasteiger partial charge in [0.05, 0.1) is 26.7 Å². The minimum absolute atomic E-state index is 0.0799. The Hall–Kier alpha value is -3.19. The van der Waals surface area contributed by atoms with Crippen LogP contribution in [0.25, 0.3) is 0 Å². The summed E-state index contributed by atoms with van der Waals surface area (Å²) in [6.45, 7) is 3.51. The minimum atomic E-state index is -0.154. The van der Waals surface area contributed by atoms with Gasteiger partial charge in [-0.2, -0.15) is 0 Å². The molecule has 0 saturated carbocycles. The number of carbonyl (C=O) groups is 1. The molecule has 0 aromatic heterocycles. The smallest absolute Gasteiger partial charge is 0.234 e. The molecular weight excluding hydrogens is 390 g/mol. The summed E-state index contributed by atoms with van der Waals surface area (Å²) in [5, 5.41) is 22.9. The molecule has 2 aromatic carbocycles. The van der Waals surface area contributed by atoms with E-state index in [-0.39, 0.29) is 24.8 Å². The van der Waals surface area contributed by atoms with Gasteiger partial charge >= 0.3 is 0 Å². The molecule has 0 aliphatic carbocycles. The Morgan fingerprint density at radius 3 is 2.32 bits per heavy atom. The van der Waals surface area contributed by atoms with E-state index in [9.17, 15) is 4.79 Å². The molecule has 0 aliphatic rings. The number of amidine groups is 2. The third-order valence-electron chi connectivity index (χ3n) is 4.81. The van der Waals surface area contributed by atoms with Crippen LogP contribution in [0.15, 0.2) is 54.6 Å². The standard InChI is InChI=1S/C24H33N5O2/c1-3-15-27-17-24(30)28-16-23(26)29(18-20-9-12-21(31-2)13-10-20)22(25)14-11-19-7-5-4-6-8-19/h4-10,12-13,25-27H,3,11,14-18H2,1-2H3,(H,28,30). The topological polar surface area (TPSA) is 101 Å². The van der Waals surface area contributed by atoms with Gasteiger partial charge in [-0.15, -0.1) is 0 Å². The molecule has 31 heavy (non-hydrogen) atoms. The van der Waals surface area contributed by atoms with E-state index < -0.39 is 0 Å². The van der Waals surface area contributed by atoms with Gasteiger partial charge in [-0.3, -0.25) is 15.6 Å². The van der Waals surface area contributed by atoms with E-state index in [4.69, 9.17) is 15.6 Å². The van der Waals surface area contributed by atoms with Crippen molar-refractivity contribution in [2.45, 2.75) is 32.7 Å². The van der Waals surface area contributed by atoms with Crippen molar-refractivity contribution in [2.75, 3.05) is 26.7 Å². The third kappa shape index (κ3) is 8.60. The normalized spacial score (nSPS) is 10.4. The number of amides is 1. The SMILES string of the molecule is CCCNCC(=O)NCC(=N)N(Cc1ccc(OC)cc1)C(=N)CCc1ccccc1. The Labute approximate surface area is 184 Å². The highest BCUT2D eigenvalue weighted by molar-refractivity contribution is 6.00. The quantitative estimate of drug-likeness (QED) is 0.239. The molecule has 4 N–H and O–H groups in total. The van der Waals surface area contributed by atoms with E-state index >= 15 is 0 Å². The van der Waals surface area contributed by atoms with Crippen molar-refractivity contribution in [1.29, 1.82) is 10.8 Å². The summed E-state index contributed by atoms with van der Waals surface area (Å²) in [5.41, 5.74) is 2.12. The van der Waals surface area contributed by atoms with Crippen molar-refractivity contribution in [2.24, 2.45) is 0 Å². The first-order valence-corrected chi connectivity index (χ1v) is 10.6. The number of ether oxygens (including phenoxy) is 1. The Bertz CT molecular complexity index is 837. The molecule has 0 fully saturated rings. The zero-order chi connectivity index (χ0) is 22.5. The lowest BCUT2D eigenvalue weighted by molar-refractivity contribution is -0.119. The number of nitrogens with zero attached hydrogens (tertiary/aromatic N) is 1. The predicted molar refractivity (Wildman–Crippen MR) is 125 cm³/mol. The second-order valence-electron chi connectivity index (χ2n) is 7.27. The van der Waals surface area contributed by atoms with E-state index in [1.54, 1.807) is 12.0 Å². The molecule has 166 valence electrons. The van der Waals surface area contributed by atoms with Crippen LogP contribution in [0.4, 0.5) is 0 Å². The first-order chi connectivity index (χ1) is 15.0. The van der Waals surface area contributed by atoms with Crippen LogP contribution < -0.4 is 15.4 Å². The van der Waals surface area contributed by atoms with Gasteiger partial charge < -0.3 is 20.3 Å². The van der Waals surface area contributed by atoms with Crippen LogP contribution in [0, 0.1) is 10.8 Å². The predicted octanol–water partition coefficient (Wildman–Crippen LogP) is 3.20. The lowest BCUT2D eigenvalue weighted by Gasteiger charge is -2.26. The number of benzene rings is 2. The number of methoxy groups -OCH3 is 1. The summed E-state index contributed by atoms with van der Waals surface area (Å²) < 4.78 is 5.21. The van der Waals surface area contributed by atoms with Gasteiger partial charge in [0.15, 0.2) is 0 Å². The molecule has 0 spiro atoms. The van der Waals surface area contributed by atoms with Crippen LogP contribution in [0.5, 0.6) is 5.75 Å². The Morgan fingerprint density at radius 2 is 1.68 bits per heavy atom. The zero-order valence-electron chi connectivity index (χ0n) is 18.4. The van der Waals surface area contributed by atoms with Crippen LogP contribution in [0.1, 0.15) is 30.9 Å². The number of rotatable bonds is 12. The molecule has 0 unspecified atom stereocenters. The number of carbonyl (C=O) groups excluding carboxylic acids is 1. The molecule has 2 aromatic rings. The summed E-state index contributed by atoms with van der Waals surface area (Å²) >= 11 is 0. The summed E-state index contributed by atoms with van der Waals surface area (Å²) in [5.74, 6) is 1.15. The first-order valence-electron chi connectivity index (χ1n) is 10.6. The van der Waals surface area contributed by atoms with E-state index in [1.165, 1.54) is 0 Å². The average molecular weight is 424 g/mol. The van der Waals surface area contributed by atoms with E-state index in [2.05, 4.69) is 10.6 Å². The fourth-order valence-electron chi connectivity index (χ4n) is 3.03. The van der Waals surface area contributed by atoms with Gasteiger partial charge in [0.1, 0.15) is 17.4 Å². The summed E-state index contributed by atoms with van der Waals surface area (Å²) in [6.07, 6.45) is 2.19. The molecule has 0 aliphatic heterocycles. The highest BCUT2D eigenvalue weighted by Gasteiger charge is 2.17. The second kappa shape index (κ2) is 13.2. The van der Waals surface area contributed by atoms with Gasteiger partial charge in [0.25, 0.3) is 0 Å². The number of aryl methyl sites for hydroxylation is 1. The fraction of sp³-hybridized carbons (Fsp3) is 0.375. The van der Waals surface area contributed by atoms with Gasteiger partial charge in [0, 0.05) is 6.42 Å². The molecule has 0 heterocycles. The Morgan fingerprint density at radius 1 is 0.968 bits per heavy atom. The van der Waals surface area contributed by atoms with Gasteiger partial charge in [0.2, 0.25) is 5.91 Å². The highest BCUT2D eigenvalue weighted by atomic mass is 16.5. The van der Waals surface area contributed by atoms with E-state index in [0.717, 1.165) is 36.3 Å². The molecule has 7 nitrogen and oxygen atoms in total. The fourth-order valence-corrected chi connectivity index (χ4v) is 3.03. The maximum Gasteiger partial charge on any atom is 0.234 e. The van der Waals surface area contributed by atoms with Gasteiger partial charge in [-0.05, 0) is 42.6 Å². The van der Waals surface area contributed by atoms with Crippen molar-refractivity contribution >= 4 is 17.6 Å². The van der Waals surface area contributed by atoms with Crippen LogP contribution in [-0.2, 0) is 17.8 Å². The lowest BCUT2D eigenvalue weighted by Crippen LogP contribution is -2.44. The minimum Gasteiger partial charge on any atom is -0.497 e. The molecule has 0 bridgehead atoms. The Balaban J connectivity index is 2.01. The van der Waals surface area contributed by atoms with Crippen molar-refractivity contribution in [3.05, 3.63) is 65.7 Å². The molecule has 2 rings (SSSR count). The van der Waals surface area contributed by atoms with Crippen molar-refractivity contribution in [3.63, 3.8) is 0 Å². The summed E-state index contributed by atoms with van der Waals surface area (Å²) in [4.78, 5) is 13.7. The molecule has 0 atom stereocenters. The van der Waals surface area contributed by atoms with Crippen LogP contribution >= 0.6 is 0 Å². The Kier molecular flexibility index (Phi) is 10.2. The molecule has 0 saturated heterocycles. The maximum absolute atomic E-state index is 12.0. The third-order valence-corrected chi connectivity index (χ3v) is 4.81. The number of nitrogens with one attached hydrogen (secondary N) is 4. The van der Waals surface area contributed by atoms with Crippen molar-refractivity contribution in [1.82, 2.24) is 15.5 Å². The first kappa shape index (κ1) is 24.1. The van der Waals surface area contributed by atoms with E-state index in [0.29, 0.717) is 18.8 Å². The van der Waals surface area contributed by atoms with Gasteiger partial charge in [-0.25, -0.2) is 0 Å².